The van der Waals surface area contributed by atoms with Crippen LogP contribution in [0.25, 0.3) is 0 Å². The van der Waals surface area contributed by atoms with Crippen molar-refractivity contribution < 1.29 is 14.3 Å². The van der Waals surface area contributed by atoms with Gasteiger partial charge in [0.15, 0.2) is 0 Å². The average molecular weight is 344 g/mol. The van der Waals surface area contributed by atoms with E-state index in [4.69, 9.17) is 11.6 Å². The fraction of sp³-hybridized carbons (Fsp3) is 0.562. The van der Waals surface area contributed by atoms with Gasteiger partial charge in [-0.05, 0) is 30.5 Å². The normalized spacial score (nSPS) is 19.0. The van der Waals surface area contributed by atoms with Crippen molar-refractivity contribution in [3.63, 3.8) is 0 Å². The van der Waals surface area contributed by atoms with Gasteiger partial charge >= 0.3 is 6.03 Å². The molecule has 1 unspecified atom stereocenters. The molecule has 7 heteroatoms. The minimum Gasteiger partial charge on any atom is -0.394 e. The quantitative estimate of drug-likeness (QED) is 0.769. The van der Waals surface area contributed by atoms with Crippen molar-refractivity contribution in [2.45, 2.75) is 32.4 Å². The number of halogens is 2. The first-order valence-electron chi connectivity index (χ1n) is 7.78. The third-order valence-electron chi connectivity index (χ3n) is 4.09. The number of nitrogens with zero attached hydrogens (tertiary/aromatic N) is 1. The molecule has 2 rings (SSSR count). The van der Waals surface area contributed by atoms with Gasteiger partial charge in [0.25, 0.3) is 0 Å². The Balaban J connectivity index is 1.89. The number of hydrogen-bond acceptors (Lipinski definition) is 3. The molecule has 0 bridgehead atoms. The largest absolute Gasteiger partial charge is 0.394 e. The zero-order valence-electron chi connectivity index (χ0n) is 13.4. The number of urea groups is 1. The van der Waals surface area contributed by atoms with Crippen molar-refractivity contribution in [2.24, 2.45) is 5.92 Å². The lowest BCUT2D eigenvalue weighted by molar-refractivity contribution is 0.196. The number of nitrogens with one attached hydrogen (secondary N) is 2. The van der Waals surface area contributed by atoms with Gasteiger partial charge < -0.3 is 20.6 Å². The van der Waals surface area contributed by atoms with Crippen molar-refractivity contribution in [2.75, 3.05) is 24.6 Å². The summed E-state index contributed by atoms with van der Waals surface area (Å²) in [6.07, 6.45) is 0.737. The average Bonchev–Trinajstić information content (AvgIpc) is 2.92. The maximum atomic E-state index is 13.9. The van der Waals surface area contributed by atoms with Crippen LogP contribution in [0.2, 0.25) is 5.02 Å². The highest BCUT2D eigenvalue weighted by Gasteiger charge is 2.26. The summed E-state index contributed by atoms with van der Waals surface area (Å²) in [7, 11) is 0. The van der Waals surface area contributed by atoms with E-state index in [0.717, 1.165) is 6.42 Å². The molecule has 1 aromatic rings. The standard InChI is InChI=1S/C16H23ClFN3O2/c1-10(2)14(9-22)20-16(23)19-12-5-6-21(8-12)15-4-3-11(17)7-13(15)18/h3-4,7,10,12,14,22H,5-6,8-9H2,1-2H3,(H2,19,20,23)/t12?,14-/m0/s1. The van der Waals surface area contributed by atoms with Crippen LogP contribution in [0.5, 0.6) is 0 Å². The number of carbonyl (C=O) groups is 1. The number of benzene rings is 1. The van der Waals surface area contributed by atoms with Gasteiger partial charge in [-0.3, -0.25) is 0 Å². The number of amides is 2. The first kappa shape index (κ1) is 17.8. The van der Waals surface area contributed by atoms with E-state index in [2.05, 4.69) is 10.6 Å². The van der Waals surface area contributed by atoms with Crippen molar-refractivity contribution >= 4 is 23.3 Å². The Morgan fingerprint density at radius 2 is 2.26 bits per heavy atom. The van der Waals surface area contributed by atoms with Gasteiger partial charge in [0.05, 0.1) is 18.3 Å². The van der Waals surface area contributed by atoms with Crippen molar-refractivity contribution in [3.05, 3.63) is 29.0 Å². The van der Waals surface area contributed by atoms with Gasteiger partial charge in [-0.1, -0.05) is 25.4 Å². The van der Waals surface area contributed by atoms with Crippen molar-refractivity contribution in [3.8, 4) is 0 Å². The van der Waals surface area contributed by atoms with E-state index in [-0.39, 0.29) is 36.5 Å². The smallest absolute Gasteiger partial charge is 0.315 e. The number of aliphatic hydroxyl groups is 1. The first-order chi connectivity index (χ1) is 10.9. The summed E-state index contributed by atoms with van der Waals surface area (Å²) in [5, 5.41) is 15.2. The molecule has 3 N–H and O–H groups in total. The fourth-order valence-electron chi connectivity index (χ4n) is 2.65. The monoisotopic (exact) mass is 343 g/mol. The Morgan fingerprint density at radius 3 is 2.87 bits per heavy atom. The molecule has 1 saturated heterocycles. The molecular formula is C16H23ClFN3O2. The van der Waals surface area contributed by atoms with Crippen LogP contribution in [0.4, 0.5) is 14.9 Å². The van der Waals surface area contributed by atoms with Crippen LogP contribution >= 0.6 is 11.6 Å². The Kier molecular flexibility index (Phi) is 6.07. The van der Waals surface area contributed by atoms with Crippen LogP contribution in [0.15, 0.2) is 18.2 Å². The van der Waals surface area contributed by atoms with Crippen LogP contribution < -0.4 is 15.5 Å². The van der Waals surface area contributed by atoms with Crippen molar-refractivity contribution in [1.29, 1.82) is 0 Å². The number of hydrogen-bond donors (Lipinski definition) is 3. The Labute approximate surface area is 140 Å². The van der Waals surface area contributed by atoms with Crippen LogP contribution in [0, 0.1) is 11.7 Å². The SMILES string of the molecule is CC(C)[C@H](CO)NC(=O)NC1CCN(c2ccc(Cl)cc2F)C1. The predicted molar refractivity (Wildman–Crippen MR) is 89.4 cm³/mol. The molecule has 128 valence electrons. The minimum absolute atomic E-state index is 0.0587. The van der Waals surface area contributed by atoms with E-state index < -0.39 is 0 Å². The molecule has 0 aliphatic carbocycles. The fourth-order valence-corrected chi connectivity index (χ4v) is 2.81. The summed E-state index contributed by atoms with van der Waals surface area (Å²) in [6, 6.07) is 3.96. The van der Waals surface area contributed by atoms with Crippen LogP contribution in [-0.2, 0) is 0 Å². The van der Waals surface area contributed by atoms with E-state index in [1.165, 1.54) is 6.07 Å². The number of rotatable bonds is 5. The third-order valence-corrected chi connectivity index (χ3v) is 4.33. The van der Waals surface area contributed by atoms with E-state index >= 15 is 0 Å². The number of carbonyl (C=O) groups excluding carboxylic acids is 1. The number of aliphatic hydroxyl groups excluding tert-OH is 1. The van der Waals surface area contributed by atoms with Gasteiger partial charge in [0, 0.05) is 24.2 Å². The molecule has 0 aromatic heterocycles. The maximum Gasteiger partial charge on any atom is 0.315 e. The molecule has 23 heavy (non-hydrogen) atoms. The Bertz CT molecular complexity index is 556. The van der Waals surface area contributed by atoms with Crippen LogP contribution in [0.1, 0.15) is 20.3 Å². The van der Waals surface area contributed by atoms with Gasteiger partial charge in [0.2, 0.25) is 0 Å². The lowest BCUT2D eigenvalue weighted by Crippen LogP contribution is -2.49. The molecule has 1 aromatic carbocycles. The molecule has 5 nitrogen and oxygen atoms in total. The molecule has 0 spiro atoms. The lowest BCUT2D eigenvalue weighted by atomic mass is 10.1. The highest BCUT2D eigenvalue weighted by atomic mass is 35.5. The molecule has 0 saturated carbocycles. The summed E-state index contributed by atoms with van der Waals surface area (Å²) < 4.78 is 13.9. The molecule has 1 heterocycles. The zero-order chi connectivity index (χ0) is 17.0. The second-order valence-corrected chi connectivity index (χ2v) is 6.61. The van der Waals surface area contributed by atoms with Gasteiger partial charge in [0.1, 0.15) is 5.82 Å². The van der Waals surface area contributed by atoms with Gasteiger partial charge in [-0.2, -0.15) is 0 Å². The maximum absolute atomic E-state index is 13.9. The molecule has 0 radical (unpaired) electrons. The highest BCUT2D eigenvalue weighted by molar-refractivity contribution is 6.30. The summed E-state index contributed by atoms with van der Waals surface area (Å²) >= 11 is 5.76. The summed E-state index contributed by atoms with van der Waals surface area (Å²) in [5.41, 5.74) is 0.495. The lowest BCUT2D eigenvalue weighted by Gasteiger charge is -2.22. The molecule has 2 amide bonds. The van der Waals surface area contributed by atoms with Gasteiger partial charge in [-0.25, -0.2) is 9.18 Å². The molecule has 1 fully saturated rings. The van der Waals surface area contributed by atoms with E-state index in [0.29, 0.717) is 23.8 Å². The second-order valence-electron chi connectivity index (χ2n) is 6.18. The third kappa shape index (κ3) is 4.72. The topological polar surface area (TPSA) is 64.6 Å². The minimum atomic E-state index is -0.359. The number of anilines is 1. The summed E-state index contributed by atoms with van der Waals surface area (Å²) in [4.78, 5) is 13.9. The van der Waals surface area contributed by atoms with Crippen LogP contribution in [-0.4, -0.2) is 42.9 Å². The summed E-state index contributed by atoms with van der Waals surface area (Å²) in [6.45, 7) is 4.97. The van der Waals surface area contributed by atoms with E-state index in [1.54, 1.807) is 12.1 Å². The second kappa shape index (κ2) is 7.84. The Morgan fingerprint density at radius 1 is 1.52 bits per heavy atom. The molecular weight excluding hydrogens is 321 g/mol. The Hall–Kier alpha value is -1.53. The molecule has 1 aliphatic rings. The van der Waals surface area contributed by atoms with E-state index in [9.17, 15) is 14.3 Å². The molecule has 2 atom stereocenters. The first-order valence-corrected chi connectivity index (χ1v) is 8.16. The summed E-state index contributed by atoms with van der Waals surface area (Å²) in [5.74, 6) is -0.211. The molecule has 1 aliphatic heterocycles. The predicted octanol–water partition coefficient (Wildman–Crippen LogP) is 2.37. The van der Waals surface area contributed by atoms with Gasteiger partial charge in [-0.15, -0.1) is 0 Å². The van der Waals surface area contributed by atoms with Crippen LogP contribution in [0.3, 0.4) is 0 Å². The zero-order valence-corrected chi connectivity index (χ0v) is 14.1. The highest BCUT2D eigenvalue weighted by Crippen LogP contribution is 2.26. The van der Waals surface area contributed by atoms with E-state index in [1.807, 2.05) is 18.7 Å². The van der Waals surface area contributed by atoms with Crippen molar-refractivity contribution in [1.82, 2.24) is 10.6 Å².